The average Bonchev–Trinajstić information content (AvgIpc) is 2.77. The molecule has 1 aliphatic heterocycles. The predicted molar refractivity (Wildman–Crippen MR) is 107 cm³/mol. The lowest BCUT2D eigenvalue weighted by molar-refractivity contribution is -0.116. The van der Waals surface area contributed by atoms with E-state index in [9.17, 15) is 9.59 Å². The standard InChI is InChI=1S/C22H24N2O4/c1-27-20-4-2-3-17(15-20)7-10-21(25)23-16-18-5-8-19(9-6-18)22(26)24-11-13-28-14-12-24/h2-10,15H,11-14,16H2,1H3,(H,23,25). The van der Waals surface area contributed by atoms with Crippen molar-refractivity contribution in [2.45, 2.75) is 6.54 Å². The topological polar surface area (TPSA) is 67.9 Å². The highest BCUT2D eigenvalue weighted by atomic mass is 16.5. The molecule has 0 aromatic heterocycles. The molecule has 1 N–H and O–H groups in total. The molecule has 0 atom stereocenters. The van der Waals surface area contributed by atoms with Crippen LogP contribution in [-0.2, 0) is 16.1 Å². The quantitative estimate of drug-likeness (QED) is 0.782. The summed E-state index contributed by atoms with van der Waals surface area (Å²) in [7, 11) is 1.61. The minimum absolute atomic E-state index is 0.0140. The van der Waals surface area contributed by atoms with Crippen LogP contribution in [0.5, 0.6) is 5.75 Å². The number of morpholine rings is 1. The van der Waals surface area contributed by atoms with E-state index in [1.807, 2.05) is 36.4 Å². The third kappa shape index (κ3) is 5.44. The van der Waals surface area contributed by atoms with Gasteiger partial charge in [-0.3, -0.25) is 9.59 Å². The number of nitrogens with zero attached hydrogens (tertiary/aromatic N) is 1. The van der Waals surface area contributed by atoms with Crippen molar-refractivity contribution in [3.05, 3.63) is 71.3 Å². The number of carbonyl (C=O) groups excluding carboxylic acids is 2. The lowest BCUT2D eigenvalue weighted by atomic mass is 10.1. The zero-order valence-corrected chi connectivity index (χ0v) is 15.9. The van der Waals surface area contributed by atoms with Crippen LogP contribution in [-0.4, -0.2) is 50.1 Å². The van der Waals surface area contributed by atoms with Gasteiger partial charge in [0.15, 0.2) is 0 Å². The first-order valence-corrected chi connectivity index (χ1v) is 9.21. The van der Waals surface area contributed by atoms with Crippen LogP contribution in [0.2, 0.25) is 0 Å². The Morgan fingerprint density at radius 3 is 2.61 bits per heavy atom. The van der Waals surface area contributed by atoms with Crippen LogP contribution in [0.3, 0.4) is 0 Å². The van der Waals surface area contributed by atoms with Crippen LogP contribution < -0.4 is 10.1 Å². The lowest BCUT2D eigenvalue weighted by Gasteiger charge is -2.26. The predicted octanol–water partition coefficient (Wildman–Crippen LogP) is 2.50. The zero-order chi connectivity index (χ0) is 19.8. The smallest absolute Gasteiger partial charge is 0.254 e. The van der Waals surface area contributed by atoms with Crippen molar-refractivity contribution >= 4 is 17.9 Å². The number of rotatable bonds is 6. The van der Waals surface area contributed by atoms with Crippen LogP contribution in [0.25, 0.3) is 6.08 Å². The van der Waals surface area contributed by atoms with Crippen molar-refractivity contribution < 1.29 is 19.1 Å². The largest absolute Gasteiger partial charge is 0.497 e. The Bertz CT molecular complexity index is 840. The van der Waals surface area contributed by atoms with E-state index >= 15 is 0 Å². The summed E-state index contributed by atoms with van der Waals surface area (Å²) in [6.07, 6.45) is 3.23. The first kappa shape index (κ1) is 19.6. The molecule has 0 saturated carbocycles. The Labute approximate surface area is 164 Å². The summed E-state index contributed by atoms with van der Waals surface area (Å²) in [6.45, 7) is 2.80. The Hall–Kier alpha value is -3.12. The van der Waals surface area contributed by atoms with Crippen LogP contribution in [0.1, 0.15) is 21.5 Å². The molecule has 1 fully saturated rings. The molecule has 2 amide bonds. The Morgan fingerprint density at radius 2 is 1.89 bits per heavy atom. The molecule has 28 heavy (non-hydrogen) atoms. The van der Waals surface area contributed by atoms with E-state index in [1.54, 1.807) is 30.2 Å². The van der Waals surface area contributed by atoms with Gasteiger partial charge in [0.2, 0.25) is 5.91 Å². The summed E-state index contributed by atoms with van der Waals surface area (Å²) in [5.74, 6) is 0.575. The van der Waals surface area contributed by atoms with Crippen LogP contribution >= 0.6 is 0 Å². The highest BCUT2D eigenvalue weighted by Crippen LogP contribution is 2.13. The van der Waals surface area contributed by atoms with Gasteiger partial charge < -0.3 is 19.7 Å². The molecule has 0 bridgehead atoms. The van der Waals surface area contributed by atoms with Crippen molar-refractivity contribution in [1.82, 2.24) is 10.2 Å². The third-order valence-electron chi connectivity index (χ3n) is 4.49. The number of amides is 2. The molecular formula is C22H24N2O4. The van der Waals surface area contributed by atoms with E-state index in [0.717, 1.165) is 16.9 Å². The van der Waals surface area contributed by atoms with E-state index < -0.39 is 0 Å². The number of methoxy groups -OCH3 is 1. The molecule has 6 heteroatoms. The highest BCUT2D eigenvalue weighted by molar-refractivity contribution is 5.94. The van der Waals surface area contributed by atoms with Crippen molar-refractivity contribution in [2.75, 3.05) is 33.4 Å². The van der Waals surface area contributed by atoms with E-state index in [1.165, 1.54) is 6.08 Å². The lowest BCUT2D eigenvalue weighted by Crippen LogP contribution is -2.40. The fraction of sp³-hybridized carbons (Fsp3) is 0.273. The molecule has 0 spiro atoms. The van der Waals surface area contributed by atoms with E-state index in [4.69, 9.17) is 9.47 Å². The van der Waals surface area contributed by atoms with E-state index in [2.05, 4.69) is 5.32 Å². The maximum atomic E-state index is 12.4. The normalized spacial score (nSPS) is 14.1. The molecule has 1 heterocycles. The van der Waals surface area contributed by atoms with Gasteiger partial charge in [-0.25, -0.2) is 0 Å². The number of carbonyl (C=O) groups is 2. The van der Waals surface area contributed by atoms with Gasteiger partial charge in [-0.15, -0.1) is 0 Å². The second kappa shape index (κ2) is 9.71. The SMILES string of the molecule is COc1cccc(C=CC(=O)NCc2ccc(C(=O)N3CCOCC3)cc2)c1. The monoisotopic (exact) mass is 380 g/mol. The highest BCUT2D eigenvalue weighted by Gasteiger charge is 2.18. The molecule has 2 aromatic carbocycles. The summed E-state index contributed by atoms with van der Waals surface area (Å²) >= 11 is 0. The molecular weight excluding hydrogens is 356 g/mol. The summed E-state index contributed by atoms with van der Waals surface area (Å²) < 4.78 is 10.4. The second-order valence-corrected chi connectivity index (χ2v) is 6.43. The van der Waals surface area contributed by atoms with Gasteiger partial charge in [0.05, 0.1) is 20.3 Å². The first-order valence-electron chi connectivity index (χ1n) is 9.21. The number of benzene rings is 2. The van der Waals surface area contributed by atoms with E-state index in [0.29, 0.717) is 38.4 Å². The van der Waals surface area contributed by atoms with Gasteiger partial charge in [0, 0.05) is 31.3 Å². The average molecular weight is 380 g/mol. The van der Waals surface area contributed by atoms with Crippen molar-refractivity contribution in [3.63, 3.8) is 0 Å². The fourth-order valence-electron chi connectivity index (χ4n) is 2.88. The second-order valence-electron chi connectivity index (χ2n) is 6.43. The zero-order valence-electron chi connectivity index (χ0n) is 15.9. The number of ether oxygens (including phenoxy) is 2. The Balaban J connectivity index is 1.50. The molecule has 0 unspecified atom stereocenters. The van der Waals surface area contributed by atoms with Gasteiger partial charge >= 0.3 is 0 Å². The molecule has 0 radical (unpaired) electrons. The van der Waals surface area contributed by atoms with Gasteiger partial charge in [-0.05, 0) is 41.5 Å². The van der Waals surface area contributed by atoms with Crippen LogP contribution in [0, 0.1) is 0 Å². The Kier molecular flexibility index (Phi) is 6.81. The maximum absolute atomic E-state index is 12.4. The number of hydrogen-bond acceptors (Lipinski definition) is 4. The molecule has 0 aliphatic carbocycles. The van der Waals surface area contributed by atoms with Gasteiger partial charge in [0.25, 0.3) is 5.91 Å². The number of nitrogens with one attached hydrogen (secondary N) is 1. The maximum Gasteiger partial charge on any atom is 0.254 e. The third-order valence-corrected chi connectivity index (χ3v) is 4.49. The van der Waals surface area contributed by atoms with Crippen molar-refractivity contribution in [2.24, 2.45) is 0 Å². The molecule has 3 rings (SSSR count). The molecule has 1 aliphatic rings. The van der Waals surface area contributed by atoms with Crippen molar-refractivity contribution in [1.29, 1.82) is 0 Å². The summed E-state index contributed by atoms with van der Waals surface area (Å²) in [5, 5.41) is 2.84. The van der Waals surface area contributed by atoms with Gasteiger partial charge in [-0.1, -0.05) is 24.3 Å². The number of hydrogen-bond donors (Lipinski definition) is 1. The molecule has 6 nitrogen and oxygen atoms in total. The minimum Gasteiger partial charge on any atom is -0.497 e. The van der Waals surface area contributed by atoms with Gasteiger partial charge in [0.1, 0.15) is 5.75 Å². The minimum atomic E-state index is -0.184. The van der Waals surface area contributed by atoms with Crippen molar-refractivity contribution in [3.8, 4) is 5.75 Å². The first-order chi connectivity index (χ1) is 13.7. The molecule has 1 saturated heterocycles. The van der Waals surface area contributed by atoms with Gasteiger partial charge in [-0.2, -0.15) is 0 Å². The molecule has 2 aromatic rings. The fourth-order valence-corrected chi connectivity index (χ4v) is 2.88. The van der Waals surface area contributed by atoms with Crippen LogP contribution in [0.4, 0.5) is 0 Å². The summed E-state index contributed by atoms with van der Waals surface area (Å²) in [5.41, 5.74) is 2.47. The Morgan fingerprint density at radius 1 is 1.14 bits per heavy atom. The van der Waals surface area contributed by atoms with E-state index in [-0.39, 0.29) is 11.8 Å². The summed E-state index contributed by atoms with van der Waals surface area (Å²) in [6, 6.07) is 14.8. The summed E-state index contributed by atoms with van der Waals surface area (Å²) in [4.78, 5) is 26.2. The van der Waals surface area contributed by atoms with Crippen LogP contribution in [0.15, 0.2) is 54.6 Å². The molecule has 146 valence electrons.